The van der Waals surface area contributed by atoms with Gasteiger partial charge in [0.15, 0.2) is 0 Å². The summed E-state index contributed by atoms with van der Waals surface area (Å²) in [5, 5.41) is 7.99. The van der Waals surface area contributed by atoms with Gasteiger partial charge < -0.3 is 10.1 Å². The number of nitrogens with two attached hydrogens (primary N) is 1. The van der Waals surface area contributed by atoms with Gasteiger partial charge >= 0.3 is 0 Å². The third-order valence-electron chi connectivity index (χ3n) is 3.76. The fraction of sp³-hybridized carbons (Fsp3) is 0.500. The van der Waals surface area contributed by atoms with Gasteiger partial charge in [0.1, 0.15) is 0 Å². The van der Waals surface area contributed by atoms with Crippen LogP contribution in [0.15, 0.2) is 29.2 Å². The standard InChI is InChI=1S/C14H20N2O4S/c1-10(11-5-7-20-8-6-11)16-14(17)12-3-2-4-13(9-12)21(15,18)19/h2-4,9-11H,5-8H2,1H3,(H,16,17)(H2,15,18,19). The predicted octanol–water partition coefficient (Wildman–Crippen LogP) is 0.879. The maximum absolute atomic E-state index is 12.2. The Labute approximate surface area is 124 Å². The zero-order valence-corrected chi connectivity index (χ0v) is 12.7. The number of hydrogen-bond donors (Lipinski definition) is 2. The van der Waals surface area contributed by atoms with Crippen molar-refractivity contribution in [2.24, 2.45) is 11.1 Å². The summed E-state index contributed by atoms with van der Waals surface area (Å²) in [4.78, 5) is 12.1. The highest BCUT2D eigenvalue weighted by Crippen LogP contribution is 2.19. The van der Waals surface area contributed by atoms with Crippen molar-refractivity contribution in [2.45, 2.75) is 30.7 Å². The first-order valence-corrected chi connectivity index (χ1v) is 8.44. The number of hydrogen-bond acceptors (Lipinski definition) is 4. The summed E-state index contributed by atoms with van der Waals surface area (Å²) >= 11 is 0. The largest absolute Gasteiger partial charge is 0.381 e. The Bertz CT molecular complexity index is 609. The summed E-state index contributed by atoms with van der Waals surface area (Å²) in [6.07, 6.45) is 1.83. The van der Waals surface area contributed by atoms with Crippen LogP contribution in [0.25, 0.3) is 0 Å². The van der Waals surface area contributed by atoms with Crippen LogP contribution in [0.5, 0.6) is 0 Å². The van der Waals surface area contributed by atoms with Crippen LogP contribution in [-0.2, 0) is 14.8 Å². The maximum atomic E-state index is 12.2. The van der Waals surface area contributed by atoms with E-state index in [4.69, 9.17) is 9.88 Å². The second-order valence-corrected chi connectivity index (χ2v) is 6.85. The Balaban J connectivity index is 2.06. The molecule has 6 nitrogen and oxygen atoms in total. The summed E-state index contributed by atoms with van der Waals surface area (Å²) in [6.45, 7) is 3.38. The molecular weight excluding hydrogens is 292 g/mol. The van der Waals surface area contributed by atoms with Crippen molar-refractivity contribution in [1.29, 1.82) is 0 Å². The lowest BCUT2D eigenvalue weighted by molar-refractivity contribution is 0.0538. The van der Waals surface area contributed by atoms with Gasteiger partial charge in [-0.2, -0.15) is 0 Å². The predicted molar refractivity (Wildman–Crippen MR) is 78.3 cm³/mol. The minimum absolute atomic E-state index is 0.0135. The maximum Gasteiger partial charge on any atom is 0.251 e. The van der Waals surface area contributed by atoms with Crippen LogP contribution in [0.4, 0.5) is 0 Å². The van der Waals surface area contributed by atoms with E-state index in [2.05, 4.69) is 5.32 Å². The molecule has 1 heterocycles. The topological polar surface area (TPSA) is 98.5 Å². The highest BCUT2D eigenvalue weighted by Gasteiger charge is 2.22. The molecule has 3 N–H and O–H groups in total. The molecule has 1 saturated heterocycles. The molecule has 0 spiro atoms. The van der Waals surface area contributed by atoms with Crippen molar-refractivity contribution in [1.82, 2.24) is 5.32 Å². The molecule has 7 heteroatoms. The van der Waals surface area contributed by atoms with E-state index in [0.29, 0.717) is 24.7 Å². The van der Waals surface area contributed by atoms with Crippen LogP contribution in [0.2, 0.25) is 0 Å². The summed E-state index contributed by atoms with van der Waals surface area (Å²) in [7, 11) is -3.80. The lowest BCUT2D eigenvalue weighted by Gasteiger charge is -2.28. The van der Waals surface area contributed by atoms with E-state index >= 15 is 0 Å². The Morgan fingerprint density at radius 1 is 1.38 bits per heavy atom. The lowest BCUT2D eigenvalue weighted by atomic mass is 9.93. The summed E-state index contributed by atoms with van der Waals surface area (Å²) in [6, 6.07) is 5.75. The third-order valence-corrected chi connectivity index (χ3v) is 4.67. The molecule has 21 heavy (non-hydrogen) atoms. The monoisotopic (exact) mass is 312 g/mol. The number of rotatable bonds is 4. The lowest BCUT2D eigenvalue weighted by Crippen LogP contribution is -2.40. The average Bonchev–Trinajstić information content (AvgIpc) is 2.47. The molecule has 0 bridgehead atoms. The van der Waals surface area contributed by atoms with Crippen molar-refractivity contribution >= 4 is 15.9 Å². The molecule has 1 aliphatic rings. The molecule has 1 atom stereocenters. The van der Waals surface area contributed by atoms with E-state index in [1.54, 1.807) is 6.07 Å². The summed E-state index contributed by atoms with van der Waals surface area (Å²) in [5.74, 6) is 0.0867. The fourth-order valence-electron chi connectivity index (χ4n) is 2.44. The van der Waals surface area contributed by atoms with E-state index in [9.17, 15) is 13.2 Å². The molecule has 116 valence electrons. The number of carbonyl (C=O) groups excluding carboxylic acids is 1. The molecule has 1 aromatic rings. The van der Waals surface area contributed by atoms with Gasteiger partial charge in [0.2, 0.25) is 10.0 Å². The van der Waals surface area contributed by atoms with Crippen LogP contribution >= 0.6 is 0 Å². The van der Waals surface area contributed by atoms with E-state index in [1.165, 1.54) is 18.2 Å². The Hall–Kier alpha value is -1.44. The van der Waals surface area contributed by atoms with Crippen LogP contribution in [-0.4, -0.2) is 33.6 Å². The number of nitrogens with one attached hydrogen (secondary N) is 1. The average molecular weight is 312 g/mol. The van der Waals surface area contributed by atoms with Gasteiger partial charge in [-0.1, -0.05) is 6.07 Å². The smallest absolute Gasteiger partial charge is 0.251 e. The van der Waals surface area contributed by atoms with Gasteiger partial charge in [-0.25, -0.2) is 13.6 Å². The minimum atomic E-state index is -3.80. The molecule has 2 rings (SSSR count). The molecule has 1 aliphatic heterocycles. The van der Waals surface area contributed by atoms with E-state index in [0.717, 1.165) is 12.8 Å². The number of amides is 1. The van der Waals surface area contributed by atoms with E-state index in [1.807, 2.05) is 6.92 Å². The van der Waals surface area contributed by atoms with Crippen LogP contribution in [0, 0.1) is 5.92 Å². The van der Waals surface area contributed by atoms with E-state index < -0.39 is 10.0 Å². The highest BCUT2D eigenvalue weighted by atomic mass is 32.2. The van der Waals surface area contributed by atoms with Gasteiger partial charge in [-0.05, 0) is 43.9 Å². The van der Waals surface area contributed by atoms with Gasteiger partial charge in [0.05, 0.1) is 4.90 Å². The SMILES string of the molecule is CC(NC(=O)c1cccc(S(N)(=O)=O)c1)C1CCOCC1. The second kappa shape index (κ2) is 6.55. The number of ether oxygens (including phenoxy) is 1. The number of benzene rings is 1. The first-order valence-electron chi connectivity index (χ1n) is 6.89. The van der Waals surface area contributed by atoms with E-state index in [-0.39, 0.29) is 16.8 Å². The first kappa shape index (κ1) is 15.9. The zero-order chi connectivity index (χ0) is 15.5. The molecule has 1 amide bonds. The second-order valence-electron chi connectivity index (χ2n) is 5.28. The zero-order valence-electron chi connectivity index (χ0n) is 11.9. The van der Waals surface area contributed by atoms with Crippen molar-refractivity contribution in [3.63, 3.8) is 0 Å². The molecule has 0 radical (unpaired) electrons. The minimum Gasteiger partial charge on any atom is -0.381 e. The normalized spacial score (nSPS) is 18.2. The third kappa shape index (κ3) is 4.26. The van der Waals surface area contributed by atoms with Crippen molar-refractivity contribution in [3.05, 3.63) is 29.8 Å². The molecule has 0 aromatic heterocycles. The van der Waals surface area contributed by atoms with Crippen LogP contribution in [0.1, 0.15) is 30.1 Å². The number of primary sulfonamides is 1. The van der Waals surface area contributed by atoms with Crippen molar-refractivity contribution in [2.75, 3.05) is 13.2 Å². The van der Waals surface area contributed by atoms with Gasteiger partial charge in [-0.15, -0.1) is 0 Å². The first-order chi connectivity index (χ1) is 9.88. The van der Waals surface area contributed by atoms with Crippen LogP contribution in [0.3, 0.4) is 0 Å². The molecule has 0 aliphatic carbocycles. The molecule has 0 saturated carbocycles. The van der Waals surface area contributed by atoms with Crippen LogP contribution < -0.4 is 10.5 Å². The fourth-order valence-corrected chi connectivity index (χ4v) is 3.00. The molecular formula is C14H20N2O4S. The Morgan fingerprint density at radius 3 is 2.67 bits per heavy atom. The molecule has 1 aromatic carbocycles. The van der Waals surface area contributed by atoms with Crippen molar-refractivity contribution in [3.8, 4) is 0 Å². The van der Waals surface area contributed by atoms with Gasteiger partial charge in [0.25, 0.3) is 5.91 Å². The Kier molecular flexibility index (Phi) is 4.97. The number of carbonyl (C=O) groups is 1. The van der Waals surface area contributed by atoms with Crippen molar-refractivity contribution < 1.29 is 17.9 Å². The van der Waals surface area contributed by atoms with Gasteiger partial charge in [0, 0.05) is 24.8 Å². The molecule has 1 unspecified atom stereocenters. The Morgan fingerprint density at radius 2 is 2.05 bits per heavy atom. The summed E-state index contributed by atoms with van der Waals surface area (Å²) in [5.41, 5.74) is 0.292. The number of sulfonamides is 1. The molecule has 1 fully saturated rings. The summed E-state index contributed by atoms with van der Waals surface area (Å²) < 4.78 is 27.9. The van der Waals surface area contributed by atoms with Gasteiger partial charge in [-0.3, -0.25) is 4.79 Å². The quantitative estimate of drug-likeness (QED) is 0.862. The highest BCUT2D eigenvalue weighted by molar-refractivity contribution is 7.89.